The van der Waals surface area contributed by atoms with Crippen LogP contribution >= 0.6 is 0 Å². The number of hydrogen-bond donors (Lipinski definition) is 1. The first-order chi connectivity index (χ1) is 9.55. The number of fused-ring (bicyclic) bond motifs is 1. The summed E-state index contributed by atoms with van der Waals surface area (Å²) in [6, 6.07) is 6.70. The highest BCUT2D eigenvalue weighted by molar-refractivity contribution is 5.78. The van der Waals surface area contributed by atoms with Gasteiger partial charge in [-0.15, -0.1) is 0 Å². The van der Waals surface area contributed by atoms with Crippen LogP contribution in [0.25, 0.3) is 11.0 Å². The van der Waals surface area contributed by atoms with Gasteiger partial charge in [0.25, 0.3) is 0 Å². The van der Waals surface area contributed by atoms with Crippen molar-refractivity contribution >= 4 is 11.0 Å². The Morgan fingerprint density at radius 2 is 2.15 bits per heavy atom. The van der Waals surface area contributed by atoms with Crippen LogP contribution in [0.4, 0.5) is 4.39 Å². The molecule has 110 valence electrons. The lowest BCUT2D eigenvalue weighted by molar-refractivity contribution is -0.0588. The third-order valence-electron chi connectivity index (χ3n) is 3.88. The van der Waals surface area contributed by atoms with Gasteiger partial charge >= 0.3 is 0 Å². The van der Waals surface area contributed by atoms with Crippen LogP contribution in [0.3, 0.4) is 0 Å². The molecule has 0 bridgehead atoms. The van der Waals surface area contributed by atoms with Crippen LogP contribution in [0.5, 0.6) is 0 Å². The van der Waals surface area contributed by atoms with Gasteiger partial charge in [-0.25, -0.2) is 4.39 Å². The number of para-hydroxylation sites is 1. The highest BCUT2D eigenvalue weighted by Gasteiger charge is 2.36. The van der Waals surface area contributed by atoms with Crippen molar-refractivity contribution in [2.24, 2.45) is 0 Å². The minimum absolute atomic E-state index is 0.126. The van der Waals surface area contributed by atoms with Gasteiger partial charge in [-0.2, -0.15) is 0 Å². The van der Waals surface area contributed by atoms with E-state index >= 15 is 0 Å². The lowest BCUT2D eigenvalue weighted by atomic mass is 9.91. The minimum Gasteiger partial charge on any atom is -0.456 e. The number of benzene rings is 1. The summed E-state index contributed by atoms with van der Waals surface area (Å²) >= 11 is 0. The quantitative estimate of drug-likeness (QED) is 0.866. The van der Waals surface area contributed by atoms with Crippen molar-refractivity contribution in [3.05, 3.63) is 35.8 Å². The summed E-state index contributed by atoms with van der Waals surface area (Å²) in [5.41, 5.74) is -0.0916. The Morgan fingerprint density at radius 3 is 2.70 bits per heavy atom. The van der Waals surface area contributed by atoms with Gasteiger partial charge in [0, 0.05) is 12.0 Å². The molecule has 1 heterocycles. The molecule has 0 aliphatic heterocycles. The summed E-state index contributed by atoms with van der Waals surface area (Å²) in [7, 11) is 1.86. The summed E-state index contributed by atoms with van der Waals surface area (Å²) in [5, 5.41) is 4.01. The zero-order valence-corrected chi connectivity index (χ0v) is 12.5. The van der Waals surface area contributed by atoms with Gasteiger partial charge < -0.3 is 14.5 Å². The Kier molecular flexibility index (Phi) is 4.45. The summed E-state index contributed by atoms with van der Waals surface area (Å²) in [4.78, 5) is 0. The lowest BCUT2D eigenvalue weighted by Crippen LogP contribution is -2.42. The number of halogens is 1. The number of ether oxygens (including phenoxy) is 1. The van der Waals surface area contributed by atoms with Crippen LogP contribution in [0.2, 0.25) is 0 Å². The predicted octanol–water partition coefficient (Wildman–Crippen LogP) is 4.04. The zero-order chi connectivity index (χ0) is 14.8. The summed E-state index contributed by atoms with van der Waals surface area (Å²) in [6.45, 7) is 6.71. The van der Waals surface area contributed by atoms with E-state index in [-0.39, 0.29) is 11.9 Å². The fourth-order valence-electron chi connectivity index (χ4n) is 2.66. The first kappa shape index (κ1) is 15.0. The Hall–Kier alpha value is -1.39. The molecular formula is C16H22FNO2. The van der Waals surface area contributed by atoms with E-state index in [1.807, 2.05) is 33.0 Å². The second kappa shape index (κ2) is 5.94. The Labute approximate surface area is 119 Å². The molecule has 0 aliphatic carbocycles. The van der Waals surface area contributed by atoms with E-state index in [0.717, 1.165) is 11.8 Å². The number of likely N-dealkylation sites (N-methyl/N-ethyl adjacent to an activating group) is 1. The van der Waals surface area contributed by atoms with E-state index in [1.54, 1.807) is 6.07 Å². The SMILES string of the molecule is CCOC(C)(CC)C(NC)c1cc2cccc(F)c2o1. The van der Waals surface area contributed by atoms with Gasteiger partial charge in [0.2, 0.25) is 0 Å². The first-order valence-electron chi connectivity index (χ1n) is 7.05. The van der Waals surface area contributed by atoms with Crippen LogP contribution in [0, 0.1) is 5.82 Å². The number of rotatable bonds is 6. The Morgan fingerprint density at radius 1 is 1.40 bits per heavy atom. The van der Waals surface area contributed by atoms with Crippen molar-refractivity contribution in [3.8, 4) is 0 Å². The van der Waals surface area contributed by atoms with E-state index < -0.39 is 5.60 Å². The molecule has 1 aromatic carbocycles. The minimum atomic E-state index is -0.395. The van der Waals surface area contributed by atoms with Crippen LogP contribution in [-0.2, 0) is 4.74 Å². The van der Waals surface area contributed by atoms with E-state index in [9.17, 15) is 4.39 Å². The van der Waals surface area contributed by atoms with Crippen molar-refractivity contribution in [2.75, 3.05) is 13.7 Å². The molecule has 0 saturated heterocycles. The molecule has 0 amide bonds. The third kappa shape index (κ3) is 2.58. The first-order valence-corrected chi connectivity index (χ1v) is 7.05. The van der Waals surface area contributed by atoms with Gasteiger partial charge in [0.1, 0.15) is 5.76 Å². The Balaban J connectivity index is 2.46. The van der Waals surface area contributed by atoms with Crippen molar-refractivity contribution in [3.63, 3.8) is 0 Å². The van der Waals surface area contributed by atoms with Crippen molar-refractivity contribution < 1.29 is 13.5 Å². The lowest BCUT2D eigenvalue weighted by Gasteiger charge is -2.35. The maximum Gasteiger partial charge on any atom is 0.169 e. The standard InChI is InChI=1S/C16H22FNO2/c1-5-16(3,19-6-2)15(18-4)13-10-11-8-7-9-12(17)14(11)20-13/h7-10,15,18H,5-6H2,1-4H3. The Bertz CT molecular complexity index is 581. The zero-order valence-electron chi connectivity index (χ0n) is 12.5. The second-order valence-electron chi connectivity index (χ2n) is 5.13. The van der Waals surface area contributed by atoms with E-state index in [0.29, 0.717) is 18.0 Å². The highest BCUT2D eigenvalue weighted by atomic mass is 19.1. The topological polar surface area (TPSA) is 34.4 Å². The molecule has 20 heavy (non-hydrogen) atoms. The highest BCUT2D eigenvalue weighted by Crippen LogP contribution is 2.35. The molecule has 1 aromatic heterocycles. The summed E-state index contributed by atoms with van der Waals surface area (Å²) < 4.78 is 25.4. The molecule has 1 N–H and O–H groups in total. The summed E-state index contributed by atoms with van der Waals surface area (Å²) in [5.74, 6) is 0.364. The van der Waals surface area contributed by atoms with Crippen molar-refractivity contribution in [1.29, 1.82) is 0 Å². The van der Waals surface area contributed by atoms with Crippen molar-refractivity contribution in [1.82, 2.24) is 5.32 Å². The molecule has 0 aliphatic rings. The molecule has 2 aromatic rings. The molecular weight excluding hydrogens is 257 g/mol. The third-order valence-corrected chi connectivity index (χ3v) is 3.88. The van der Waals surface area contributed by atoms with Gasteiger partial charge in [-0.1, -0.05) is 19.1 Å². The normalized spacial score (nSPS) is 16.2. The maximum absolute atomic E-state index is 13.7. The molecule has 3 nitrogen and oxygen atoms in total. The average molecular weight is 279 g/mol. The van der Waals surface area contributed by atoms with E-state index in [4.69, 9.17) is 9.15 Å². The molecule has 2 atom stereocenters. The smallest absolute Gasteiger partial charge is 0.169 e. The van der Waals surface area contributed by atoms with E-state index in [1.165, 1.54) is 6.07 Å². The average Bonchev–Trinajstić information content (AvgIpc) is 2.85. The number of nitrogens with one attached hydrogen (secondary N) is 1. The molecule has 2 rings (SSSR count). The largest absolute Gasteiger partial charge is 0.456 e. The predicted molar refractivity (Wildman–Crippen MR) is 78.3 cm³/mol. The van der Waals surface area contributed by atoms with Crippen LogP contribution < -0.4 is 5.32 Å². The van der Waals surface area contributed by atoms with Crippen LogP contribution in [0.1, 0.15) is 39.0 Å². The molecule has 0 spiro atoms. The van der Waals surface area contributed by atoms with Gasteiger partial charge in [0.15, 0.2) is 11.4 Å². The molecule has 0 radical (unpaired) electrons. The van der Waals surface area contributed by atoms with Crippen molar-refractivity contribution in [2.45, 2.75) is 38.8 Å². The fourth-order valence-corrected chi connectivity index (χ4v) is 2.66. The van der Waals surface area contributed by atoms with Crippen LogP contribution in [0.15, 0.2) is 28.7 Å². The molecule has 4 heteroatoms. The monoisotopic (exact) mass is 279 g/mol. The maximum atomic E-state index is 13.7. The second-order valence-corrected chi connectivity index (χ2v) is 5.13. The molecule has 0 saturated carbocycles. The number of hydrogen-bond acceptors (Lipinski definition) is 3. The summed E-state index contributed by atoms with van der Waals surface area (Å²) in [6.07, 6.45) is 0.825. The number of furan rings is 1. The van der Waals surface area contributed by atoms with E-state index in [2.05, 4.69) is 12.2 Å². The van der Waals surface area contributed by atoms with Gasteiger partial charge in [0.05, 0.1) is 11.6 Å². The van der Waals surface area contributed by atoms with Crippen LogP contribution in [-0.4, -0.2) is 19.3 Å². The van der Waals surface area contributed by atoms with Gasteiger partial charge in [-0.05, 0) is 39.4 Å². The fraction of sp³-hybridized carbons (Fsp3) is 0.500. The molecule has 0 fully saturated rings. The van der Waals surface area contributed by atoms with Gasteiger partial charge in [-0.3, -0.25) is 0 Å². The molecule has 2 unspecified atom stereocenters.